The van der Waals surface area contributed by atoms with Gasteiger partial charge in [0, 0.05) is 5.92 Å². The second-order valence-corrected chi connectivity index (χ2v) is 4.97. The summed E-state index contributed by atoms with van der Waals surface area (Å²) in [6.45, 7) is 5.25. The van der Waals surface area contributed by atoms with Gasteiger partial charge in [0.1, 0.15) is 0 Å². The molecule has 1 nitrogen and oxygen atoms in total. The first-order valence-electron chi connectivity index (χ1n) is 7.17. The molecule has 2 rings (SSSR count). The second kappa shape index (κ2) is 8.34. The number of allylic oxidation sites excluding steroid dienone is 1. The fourth-order valence-corrected chi connectivity index (χ4v) is 2.28. The van der Waals surface area contributed by atoms with Gasteiger partial charge in [0.2, 0.25) is 0 Å². The van der Waals surface area contributed by atoms with Crippen LogP contribution in [0.15, 0.2) is 73.3 Å². The lowest BCUT2D eigenvalue weighted by Gasteiger charge is -2.17. The summed E-state index contributed by atoms with van der Waals surface area (Å²) in [5.41, 5.74) is 2.57. The molecule has 0 N–H and O–H groups in total. The zero-order valence-corrected chi connectivity index (χ0v) is 11.9. The summed E-state index contributed by atoms with van der Waals surface area (Å²) < 4.78 is 5.90. The molecule has 0 aliphatic heterocycles. The van der Waals surface area contributed by atoms with Crippen LogP contribution in [-0.4, -0.2) is 6.61 Å². The van der Waals surface area contributed by atoms with Gasteiger partial charge in [-0.05, 0) is 24.0 Å². The van der Waals surface area contributed by atoms with Gasteiger partial charge in [0.25, 0.3) is 0 Å². The van der Waals surface area contributed by atoms with Gasteiger partial charge in [0.15, 0.2) is 0 Å². The van der Waals surface area contributed by atoms with Crippen LogP contribution >= 0.6 is 0 Å². The molecule has 0 saturated heterocycles. The summed E-state index contributed by atoms with van der Waals surface area (Å²) in [6, 6.07) is 20.9. The van der Waals surface area contributed by atoms with Crippen LogP contribution in [0.1, 0.15) is 29.9 Å². The molecule has 0 amide bonds. The first-order chi connectivity index (χ1) is 9.90. The molecule has 0 aromatic heterocycles. The topological polar surface area (TPSA) is 9.23 Å². The lowest BCUT2D eigenvalue weighted by Crippen LogP contribution is -2.08. The third kappa shape index (κ3) is 4.67. The van der Waals surface area contributed by atoms with Gasteiger partial charge < -0.3 is 4.74 Å². The van der Waals surface area contributed by atoms with E-state index in [0.29, 0.717) is 12.5 Å². The number of hydrogen-bond acceptors (Lipinski definition) is 1. The van der Waals surface area contributed by atoms with Gasteiger partial charge in [-0.1, -0.05) is 66.7 Å². The van der Waals surface area contributed by atoms with Gasteiger partial charge in [-0.2, -0.15) is 0 Å². The SMILES string of the molecule is C=CCC[C@H](COCc1ccccc1)c1ccccc1. The lowest BCUT2D eigenvalue weighted by molar-refractivity contribution is 0.105. The minimum absolute atomic E-state index is 0.443. The molecule has 0 fully saturated rings. The van der Waals surface area contributed by atoms with Gasteiger partial charge in [-0.15, -0.1) is 6.58 Å². The van der Waals surface area contributed by atoms with Crippen LogP contribution in [0, 0.1) is 0 Å². The highest BCUT2D eigenvalue weighted by Crippen LogP contribution is 2.22. The first kappa shape index (κ1) is 14.5. The van der Waals surface area contributed by atoms with Gasteiger partial charge >= 0.3 is 0 Å². The van der Waals surface area contributed by atoms with E-state index >= 15 is 0 Å². The second-order valence-electron chi connectivity index (χ2n) is 4.97. The smallest absolute Gasteiger partial charge is 0.0717 e. The molecule has 0 saturated carbocycles. The molecule has 0 heterocycles. The molecule has 0 spiro atoms. The van der Waals surface area contributed by atoms with E-state index in [2.05, 4.69) is 49.0 Å². The van der Waals surface area contributed by atoms with E-state index in [1.165, 1.54) is 11.1 Å². The molecule has 0 aliphatic rings. The Kier molecular flexibility index (Phi) is 6.07. The average molecular weight is 266 g/mol. The van der Waals surface area contributed by atoms with Gasteiger partial charge in [-0.25, -0.2) is 0 Å². The summed E-state index contributed by atoms with van der Waals surface area (Å²) in [6.07, 6.45) is 4.09. The molecule has 0 bridgehead atoms. The fraction of sp³-hybridized carbons (Fsp3) is 0.263. The van der Waals surface area contributed by atoms with E-state index < -0.39 is 0 Å². The third-order valence-corrected chi connectivity index (χ3v) is 3.42. The van der Waals surface area contributed by atoms with Crippen LogP contribution in [0.4, 0.5) is 0 Å². The molecule has 0 radical (unpaired) electrons. The lowest BCUT2D eigenvalue weighted by atomic mass is 9.95. The van der Waals surface area contributed by atoms with Crippen LogP contribution in [-0.2, 0) is 11.3 Å². The molecular weight excluding hydrogens is 244 g/mol. The quantitative estimate of drug-likeness (QED) is 0.614. The van der Waals surface area contributed by atoms with Crippen LogP contribution in [0.5, 0.6) is 0 Å². The van der Waals surface area contributed by atoms with Crippen molar-refractivity contribution >= 4 is 0 Å². The molecule has 20 heavy (non-hydrogen) atoms. The molecule has 0 aliphatic carbocycles. The minimum Gasteiger partial charge on any atom is -0.376 e. The van der Waals surface area contributed by atoms with Crippen molar-refractivity contribution in [2.75, 3.05) is 6.61 Å². The standard InChI is InChI=1S/C19H22O/c1-2-3-12-19(18-13-8-5-9-14-18)16-20-15-17-10-6-4-7-11-17/h2,4-11,13-14,19H,1,3,12,15-16H2/t19-/m1/s1. The molecule has 104 valence electrons. The van der Waals surface area contributed by atoms with E-state index in [4.69, 9.17) is 4.74 Å². The molecule has 2 aromatic carbocycles. The molecule has 1 atom stereocenters. The number of rotatable bonds is 8. The van der Waals surface area contributed by atoms with Crippen molar-refractivity contribution < 1.29 is 4.74 Å². The highest BCUT2D eigenvalue weighted by molar-refractivity contribution is 5.19. The highest BCUT2D eigenvalue weighted by atomic mass is 16.5. The number of benzene rings is 2. The maximum absolute atomic E-state index is 5.90. The van der Waals surface area contributed by atoms with Crippen molar-refractivity contribution in [3.05, 3.63) is 84.4 Å². The van der Waals surface area contributed by atoms with Gasteiger partial charge in [0.05, 0.1) is 13.2 Å². The molecule has 0 unspecified atom stereocenters. The Bertz CT molecular complexity index is 490. The molecule has 1 heteroatoms. The van der Waals surface area contributed by atoms with Crippen LogP contribution < -0.4 is 0 Å². The van der Waals surface area contributed by atoms with Crippen molar-refractivity contribution in [2.45, 2.75) is 25.4 Å². The van der Waals surface area contributed by atoms with Crippen molar-refractivity contribution in [1.82, 2.24) is 0 Å². The van der Waals surface area contributed by atoms with E-state index in [0.717, 1.165) is 19.4 Å². The maximum Gasteiger partial charge on any atom is 0.0717 e. The summed E-state index contributed by atoms with van der Waals surface area (Å²) in [7, 11) is 0. The van der Waals surface area contributed by atoms with Crippen LogP contribution in [0.3, 0.4) is 0 Å². The van der Waals surface area contributed by atoms with Crippen molar-refractivity contribution in [3.63, 3.8) is 0 Å². The Balaban J connectivity index is 1.89. The largest absolute Gasteiger partial charge is 0.376 e. The normalized spacial score (nSPS) is 12.0. The molecule has 2 aromatic rings. The maximum atomic E-state index is 5.90. The Labute approximate surface area is 121 Å². The van der Waals surface area contributed by atoms with Crippen LogP contribution in [0.2, 0.25) is 0 Å². The van der Waals surface area contributed by atoms with Crippen molar-refractivity contribution in [2.24, 2.45) is 0 Å². The zero-order chi connectivity index (χ0) is 14.0. The monoisotopic (exact) mass is 266 g/mol. The Morgan fingerprint density at radius 1 is 0.950 bits per heavy atom. The van der Waals surface area contributed by atoms with E-state index in [9.17, 15) is 0 Å². The summed E-state index contributed by atoms with van der Waals surface area (Å²) in [4.78, 5) is 0. The molecular formula is C19H22O. The Morgan fingerprint density at radius 2 is 1.60 bits per heavy atom. The Morgan fingerprint density at radius 3 is 2.25 bits per heavy atom. The average Bonchev–Trinajstić information content (AvgIpc) is 2.52. The van der Waals surface area contributed by atoms with Crippen molar-refractivity contribution in [1.29, 1.82) is 0 Å². The number of hydrogen-bond donors (Lipinski definition) is 0. The minimum atomic E-state index is 0.443. The van der Waals surface area contributed by atoms with Crippen LogP contribution in [0.25, 0.3) is 0 Å². The van der Waals surface area contributed by atoms with E-state index in [1.807, 2.05) is 24.3 Å². The summed E-state index contributed by atoms with van der Waals surface area (Å²) in [5.74, 6) is 0.443. The Hall–Kier alpha value is -1.86. The highest BCUT2D eigenvalue weighted by Gasteiger charge is 2.10. The van der Waals surface area contributed by atoms with Crippen molar-refractivity contribution in [3.8, 4) is 0 Å². The summed E-state index contributed by atoms with van der Waals surface area (Å²) >= 11 is 0. The number of ether oxygens (including phenoxy) is 1. The predicted octanol–water partition coefficient (Wildman–Crippen LogP) is 4.95. The zero-order valence-electron chi connectivity index (χ0n) is 11.9. The predicted molar refractivity (Wildman–Crippen MR) is 84.7 cm³/mol. The first-order valence-corrected chi connectivity index (χ1v) is 7.17. The third-order valence-electron chi connectivity index (χ3n) is 3.42. The summed E-state index contributed by atoms with van der Waals surface area (Å²) in [5, 5.41) is 0. The fourth-order valence-electron chi connectivity index (χ4n) is 2.28. The van der Waals surface area contributed by atoms with Gasteiger partial charge in [-0.3, -0.25) is 0 Å². The van der Waals surface area contributed by atoms with E-state index in [-0.39, 0.29) is 0 Å². The van der Waals surface area contributed by atoms with E-state index in [1.54, 1.807) is 0 Å².